The van der Waals surface area contributed by atoms with Crippen LogP contribution in [0.3, 0.4) is 0 Å². The predicted octanol–water partition coefficient (Wildman–Crippen LogP) is 5.26. The highest BCUT2D eigenvalue weighted by molar-refractivity contribution is 6.62. The van der Waals surface area contributed by atoms with Crippen molar-refractivity contribution >= 4 is 12.6 Å². The third kappa shape index (κ3) is 1.81. The number of hydrogen-bond donors (Lipinski definition) is 0. The molecule has 3 heteroatoms. The molecule has 1 aliphatic heterocycles. The van der Waals surface area contributed by atoms with Crippen molar-refractivity contribution in [2.75, 3.05) is 0 Å². The van der Waals surface area contributed by atoms with Crippen molar-refractivity contribution in [3.63, 3.8) is 0 Å². The van der Waals surface area contributed by atoms with Crippen LogP contribution in [0, 0.1) is 17.3 Å². The fourth-order valence-electron chi connectivity index (χ4n) is 7.64. The fraction of sp³-hybridized carbons (Fsp3) is 0.538. The highest BCUT2D eigenvalue weighted by Crippen LogP contribution is 2.85. The first-order valence-electron chi connectivity index (χ1n) is 11.4. The molecule has 1 heterocycles. The second-order valence-corrected chi connectivity index (χ2v) is 11.2. The highest BCUT2D eigenvalue weighted by atomic mass is 16.7. The van der Waals surface area contributed by atoms with E-state index in [-0.39, 0.29) is 18.3 Å². The van der Waals surface area contributed by atoms with E-state index in [0.29, 0.717) is 5.41 Å². The van der Waals surface area contributed by atoms with Gasteiger partial charge in [-0.15, -0.1) is 0 Å². The molecule has 4 fully saturated rings. The van der Waals surface area contributed by atoms with Crippen molar-refractivity contribution in [3.8, 4) is 11.1 Å². The molecule has 7 rings (SSSR count). The SMILES string of the molecule is CC1(C)OB(c2ccc3c(c2)C2CC4CC5CC(c6ccccc6-3)C542)OC1(C)C. The number of benzene rings is 2. The molecule has 0 aromatic heterocycles. The molecule has 2 aromatic rings. The average Bonchev–Trinajstić information content (AvgIpc) is 2.82. The Morgan fingerprint density at radius 2 is 1.38 bits per heavy atom. The van der Waals surface area contributed by atoms with Crippen molar-refractivity contribution < 1.29 is 9.31 Å². The normalized spacial score (nSPS) is 39.0. The topological polar surface area (TPSA) is 18.5 Å². The second-order valence-electron chi connectivity index (χ2n) is 11.2. The van der Waals surface area contributed by atoms with Gasteiger partial charge in [0.05, 0.1) is 11.2 Å². The molecule has 29 heavy (non-hydrogen) atoms. The zero-order valence-electron chi connectivity index (χ0n) is 17.9. The molecule has 1 saturated heterocycles. The maximum Gasteiger partial charge on any atom is 0.494 e. The average molecular weight is 384 g/mol. The molecular formula is C26H29BO2. The van der Waals surface area contributed by atoms with Gasteiger partial charge in [0.2, 0.25) is 0 Å². The molecule has 0 radical (unpaired) electrons. The standard InChI is InChI=1S/C26H29BO2/c1-24(2)25(3,4)29-27(28-24)17-9-10-19-18-7-5-6-8-20(18)22-12-15-11-16-13-23(21(19)14-17)26(15,16)22/h5-10,14-16,22-23H,11-13H2,1-4H3. The molecule has 0 N–H and O–H groups in total. The first-order chi connectivity index (χ1) is 13.8. The Kier molecular flexibility index (Phi) is 2.96. The Bertz CT molecular complexity index is 1030. The summed E-state index contributed by atoms with van der Waals surface area (Å²) in [6.45, 7) is 8.56. The maximum absolute atomic E-state index is 6.39. The smallest absolute Gasteiger partial charge is 0.399 e. The highest BCUT2D eigenvalue weighted by Gasteiger charge is 2.76. The van der Waals surface area contributed by atoms with Gasteiger partial charge in [-0.25, -0.2) is 0 Å². The molecule has 4 aliphatic carbocycles. The van der Waals surface area contributed by atoms with Crippen LogP contribution in [0.15, 0.2) is 42.5 Å². The van der Waals surface area contributed by atoms with Crippen LogP contribution in [0.4, 0.5) is 0 Å². The van der Waals surface area contributed by atoms with Crippen LogP contribution in [-0.4, -0.2) is 18.3 Å². The lowest BCUT2D eigenvalue weighted by Crippen LogP contribution is -2.70. The summed E-state index contributed by atoms with van der Waals surface area (Å²) in [6, 6.07) is 16.3. The molecule has 3 saturated carbocycles. The van der Waals surface area contributed by atoms with E-state index in [2.05, 4.69) is 70.2 Å². The van der Waals surface area contributed by atoms with Crippen LogP contribution in [0.1, 0.15) is 69.9 Å². The lowest BCUT2D eigenvalue weighted by molar-refractivity contribution is -0.252. The quantitative estimate of drug-likeness (QED) is 0.624. The maximum atomic E-state index is 6.39. The Labute approximate surface area is 174 Å². The van der Waals surface area contributed by atoms with E-state index in [1.165, 1.54) is 35.9 Å². The monoisotopic (exact) mass is 384 g/mol. The largest absolute Gasteiger partial charge is 0.494 e. The molecule has 2 nitrogen and oxygen atoms in total. The van der Waals surface area contributed by atoms with Crippen molar-refractivity contribution in [1.29, 1.82) is 0 Å². The van der Waals surface area contributed by atoms with Crippen LogP contribution in [-0.2, 0) is 9.31 Å². The van der Waals surface area contributed by atoms with Gasteiger partial charge >= 0.3 is 7.12 Å². The van der Waals surface area contributed by atoms with E-state index in [1.807, 2.05) is 0 Å². The van der Waals surface area contributed by atoms with E-state index in [4.69, 9.17) is 9.31 Å². The van der Waals surface area contributed by atoms with Crippen LogP contribution < -0.4 is 5.46 Å². The summed E-state index contributed by atoms with van der Waals surface area (Å²) >= 11 is 0. The van der Waals surface area contributed by atoms with E-state index < -0.39 is 0 Å². The van der Waals surface area contributed by atoms with Crippen LogP contribution >= 0.6 is 0 Å². The van der Waals surface area contributed by atoms with E-state index >= 15 is 0 Å². The van der Waals surface area contributed by atoms with Gasteiger partial charge < -0.3 is 9.31 Å². The van der Waals surface area contributed by atoms with Gasteiger partial charge in [0.25, 0.3) is 0 Å². The van der Waals surface area contributed by atoms with E-state index in [1.54, 1.807) is 11.1 Å². The van der Waals surface area contributed by atoms with E-state index in [0.717, 1.165) is 23.7 Å². The predicted molar refractivity (Wildman–Crippen MR) is 116 cm³/mol. The van der Waals surface area contributed by atoms with Gasteiger partial charge in [-0.05, 0) is 104 Å². The minimum atomic E-state index is -0.296. The zero-order chi connectivity index (χ0) is 19.8. The van der Waals surface area contributed by atoms with Crippen molar-refractivity contribution in [3.05, 3.63) is 53.6 Å². The zero-order valence-corrected chi connectivity index (χ0v) is 17.9. The lowest BCUT2D eigenvalue weighted by Gasteiger charge is -2.78. The molecule has 5 unspecified atom stereocenters. The van der Waals surface area contributed by atoms with Crippen molar-refractivity contribution in [1.82, 2.24) is 0 Å². The number of rotatable bonds is 1. The molecule has 0 bridgehead atoms. The Balaban J connectivity index is 1.38. The first-order valence-corrected chi connectivity index (χ1v) is 11.4. The molecule has 2 aromatic carbocycles. The van der Waals surface area contributed by atoms with Gasteiger partial charge in [-0.1, -0.05) is 42.5 Å². The number of hydrogen-bond acceptors (Lipinski definition) is 2. The summed E-state index contributed by atoms with van der Waals surface area (Å²) < 4.78 is 12.8. The summed E-state index contributed by atoms with van der Waals surface area (Å²) in [5.41, 5.74) is 7.27. The summed E-state index contributed by atoms with van der Waals surface area (Å²) in [4.78, 5) is 0. The number of fused-ring (bicyclic) bond motifs is 5. The van der Waals surface area contributed by atoms with Crippen molar-refractivity contribution in [2.45, 2.75) is 70.0 Å². The molecular weight excluding hydrogens is 355 g/mol. The van der Waals surface area contributed by atoms with E-state index in [9.17, 15) is 0 Å². The molecule has 5 atom stereocenters. The van der Waals surface area contributed by atoms with Crippen LogP contribution in [0.2, 0.25) is 0 Å². The summed E-state index contributed by atoms with van der Waals surface area (Å²) in [5.74, 6) is 3.40. The van der Waals surface area contributed by atoms with Gasteiger partial charge in [0.1, 0.15) is 0 Å². The molecule has 1 spiro atoms. The van der Waals surface area contributed by atoms with Gasteiger partial charge in [-0.2, -0.15) is 0 Å². The van der Waals surface area contributed by atoms with Crippen molar-refractivity contribution in [2.24, 2.45) is 17.3 Å². The molecule has 5 aliphatic rings. The lowest BCUT2D eigenvalue weighted by atomic mass is 9.25. The van der Waals surface area contributed by atoms with Gasteiger partial charge in [0.15, 0.2) is 0 Å². The summed E-state index contributed by atoms with van der Waals surface area (Å²) in [5, 5.41) is 0. The van der Waals surface area contributed by atoms with Gasteiger partial charge in [-0.3, -0.25) is 0 Å². The Morgan fingerprint density at radius 3 is 2.07 bits per heavy atom. The van der Waals surface area contributed by atoms with Crippen LogP contribution in [0.25, 0.3) is 11.1 Å². The Morgan fingerprint density at radius 1 is 0.759 bits per heavy atom. The summed E-state index contributed by atoms with van der Waals surface area (Å²) in [7, 11) is -0.272. The third-order valence-corrected chi connectivity index (χ3v) is 9.83. The Hall–Kier alpha value is -1.58. The minimum Gasteiger partial charge on any atom is -0.399 e. The molecule has 148 valence electrons. The first kappa shape index (κ1) is 17.1. The van der Waals surface area contributed by atoms with Crippen LogP contribution in [0.5, 0.6) is 0 Å². The van der Waals surface area contributed by atoms with Gasteiger partial charge in [0, 0.05) is 0 Å². The second kappa shape index (κ2) is 5.00. The molecule has 0 amide bonds. The fourth-order valence-corrected chi connectivity index (χ4v) is 7.64. The summed E-state index contributed by atoms with van der Waals surface area (Å²) in [6.07, 6.45) is 4.25. The minimum absolute atomic E-state index is 0.272. The third-order valence-electron chi connectivity index (χ3n) is 9.83.